The molecule has 1 heteroatoms. The van der Waals surface area contributed by atoms with Gasteiger partial charge in [0.25, 0.3) is 0 Å². The molecular weight excluding hydrogens is 160 g/mol. The first-order valence-corrected chi connectivity index (χ1v) is 5.33. The number of ketones is 1. The Hall–Kier alpha value is -0.330. The van der Waals surface area contributed by atoms with Crippen molar-refractivity contribution in [3.8, 4) is 0 Å². The molecule has 0 N–H and O–H groups in total. The van der Waals surface area contributed by atoms with E-state index in [1.54, 1.807) is 0 Å². The van der Waals surface area contributed by atoms with Crippen molar-refractivity contribution in [3.63, 3.8) is 0 Å². The van der Waals surface area contributed by atoms with Gasteiger partial charge >= 0.3 is 0 Å². The van der Waals surface area contributed by atoms with Crippen LogP contribution >= 0.6 is 0 Å². The number of hydrogen-bond donors (Lipinski definition) is 0. The summed E-state index contributed by atoms with van der Waals surface area (Å²) in [5.74, 6) is 0.453. The van der Waals surface area contributed by atoms with E-state index in [0.29, 0.717) is 11.2 Å². The van der Waals surface area contributed by atoms with E-state index in [1.807, 2.05) is 0 Å². The van der Waals surface area contributed by atoms with Crippen LogP contribution in [-0.2, 0) is 4.79 Å². The fraction of sp³-hybridized carbons (Fsp3) is 0.917. The van der Waals surface area contributed by atoms with Gasteiger partial charge in [0, 0.05) is 12.8 Å². The largest absolute Gasteiger partial charge is 0.300 e. The quantitative estimate of drug-likeness (QED) is 0.652. The third-order valence-corrected chi connectivity index (χ3v) is 2.91. The van der Waals surface area contributed by atoms with Crippen LogP contribution in [0.4, 0.5) is 0 Å². The minimum atomic E-state index is 0.164. The molecule has 1 rings (SSSR count). The van der Waals surface area contributed by atoms with Gasteiger partial charge in [0.1, 0.15) is 5.78 Å². The van der Waals surface area contributed by atoms with E-state index in [2.05, 4.69) is 27.7 Å². The maximum atomic E-state index is 11.7. The van der Waals surface area contributed by atoms with Crippen molar-refractivity contribution in [1.82, 2.24) is 0 Å². The van der Waals surface area contributed by atoms with Gasteiger partial charge in [0.05, 0.1) is 0 Å². The van der Waals surface area contributed by atoms with Gasteiger partial charge in [-0.05, 0) is 23.7 Å². The van der Waals surface area contributed by atoms with Gasteiger partial charge in [-0.3, -0.25) is 4.79 Å². The highest BCUT2D eigenvalue weighted by atomic mass is 16.1. The Morgan fingerprint density at radius 1 is 1.31 bits per heavy atom. The summed E-state index contributed by atoms with van der Waals surface area (Å²) in [5.41, 5.74) is 0.527. The molecule has 76 valence electrons. The van der Waals surface area contributed by atoms with Gasteiger partial charge < -0.3 is 0 Å². The Bertz CT molecular complexity index is 194. The zero-order valence-corrected chi connectivity index (χ0v) is 9.44. The predicted molar refractivity (Wildman–Crippen MR) is 55.7 cm³/mol. The summed E-state index contributed by atoms with van der Waals surface area (Å²) in [6, 6.07) is 0. The van der Waals surface area contributed by atoms with Crippen molar-refractivity contribution in [2.45, 2.75) is 59.8 Å². The summed E-state index contributed by atoms with van der Waals surface area (Å²) in [6.07, 6.45) is 5.37. The summed E-state index contributed by atoms with van der Waals surface area (Å²) in [7, 11) is 0. The standard InChI is InChI=1S/C12H22O/c1-11(2,3)8-10(13)9-12(4)6-5-7-12/h5-9H2,1-4H3. The van der Waals surface area contributed by atoms with Crippen LogP contribution in [0.2, 0.25) is 0 Å². The van der Waals surface area contributed by atoms with Crippen molar-refractivity contribution < 1.29 is 4.79 Å². The van der Waals surface area contributed by atoms with Gasteiger partial charge in [-0.2, -0.15) is 0 Å². The fourth-order valence-corrected chi connectivity index (χ4v) is 2.09. The molecular formula is C12H22O. The Morgan fingerprint density at radius 3 is 2.15 bits per heavy atom. The Labute approximate surface area is 81.9 Å². The highest BCUT2D eigenvalue weighted by molar-refractivity contribution is 5.79. The SMILES string of the molecule is CC(C)(C)CC(=O)CC1(C)CCC1. The molecule has 0 radical (unpaired) electrons. The van der Waals surface area contributed by atoms with Gasteiger partial charge in [0.2, 0.25) is 0 Å². The molecule has 0 saturated heterocycles. The van der Waals surface area contributed by atoms with Gasteiger partial charge in [-0.1, -0.05) is 34.1 Å². The Balaban J connectivity index is 2.33. The Morgan fingerprint density at radius 2 is 1.85 bits per heavy atom. The average molecular weight is 182 g/mol. The van der Waals surface area contributed by atoms with Crippen molar-refractivity contribution in [1.29, 1.82) is 0 Å². The lowest BCUT2D eigenvalue weighted by molar-refractivity contribution is -0.124. The summed E-state index contributed by atoms with van der Waals surface area (Å²) in [5, 5.41) is 0. The highest BCUT2D eigenvalue weighted by Gasteiger charge is 2.34. The van der Waals surface area contributed by atoms with E-state index < -0.39 is 0 Å². The summed E-state index contributed by atoms with van der Waals surface area (Å²) < 4.78 is 0. The van der Waals surface area contributed by atoms with E-state index in [0.717, 1.165) is 12.8 Å². The molecule has 0 bridgehead atoms. The normalized spacial score (nSPS) is 20.9. The second-order valence-corrected chi connectivity index (χ2v) is 6.12. The molecule has 0 unspecified atom stereocenters. The number of carbonyl (C=O) groups excluding carboxylic acids is 1. The molecule has 0 atom stereocenters. The highest BCUT2D eigenvalue weighted by Crippen LogP contribution is 2.44. The lowest BCUT2D eigenvalue weighted by atomic mass is 9.66. The molecule has 0 aromatic rings. The van der Waals surface area contributed by atoms with Crippen LogP contribution in [0.25, 0.3) is 0 Å². The minimum absolute atomic E-state index is 0.164. The summed E-state index contributed by atoms with van der Waals surface area (Å²) in [4.78, 5) is 11.7. The zero-order chi connectivity index (χ0) is 10.1. The number of Topliss-reactive ketones (excluding diaryl/α,β-unsaturated/α-hetero) is 1. The minimum Gasteiger partial charge on any atom is -0.300 e. The van der Waals surface area contributed by atoms with Crippen LogP contribution in [0.3, 0.4) is 0 Å². The van der Waals surface area contributed by atoms with E-state index >= 15 is 0 Å². The lowest BCUT2D eigenvalue weighted by Gasteiger charge is -2.38. The van der Waals surface area contributed by atoms with E-state index in [1.165, 1.54) is 19.3 Å². The fourth-order valence-electron chi connectivity index (χ4n) is 2.09. The van der Waals surface area contributed by atoms with E-state index in [-0.39, 0.29) is 5.41 Å². The van der Waals surface area contributed by atoms with Crippen LogP contribution in [0.1, 0.15) is 59.8 Å². The second kappa shape index (κ2) is 3.43. The monoisotopic (exact) mass is 182 g/mol. The number of carbonyl (C=O) groups is 1. The average Bonchev–Trinajstić information content (AvgIpc) is 1.79. The first-order chi connectivity index (χ1) is 5.81. The first-order valence-electron chi connectivity index (χ1n) is 5.33. The van der Waals surface area contributed by atoms with Gasteiger partial charge in [-0.15, -0.1) is 0 Å². The topological polar surface area (TPSA) is 17.1 Å². The van der Waals surface area contributed by atoms with E-state index in [9.17, 15) is 4.79 Å². The van der Waals surface area contributed by atoms with Crippen molar-refractivity contribution in [2.24, 2.45) is 10.8 Å². The van der Waals surface area contributed by atoms with Crippen LogP contribution < -0.4 is 0 Å². The van der Waals surface area contributed by atoms with Crippen molar-refractivity contribution >= 4 is 5.78 Å². The van der Waals surface area contributed by atoms with Gasteiger partial charge in [0.15, 0.2) is 0 Å². The van der Waals surface area contributed by atoms with Crippen LogP contribution in [0.5, 0.6) is 0 Å². The molecule has 1 aliphatic carbocycles. The molecule has 0 amide bonds. The third kappa shape index (κ3) is 3.50. The molecule has 0 aliphatic heterocycles. The lowest BCUT2D eigenvalue weighted by Crippen LogP contribution is -2.29. The second-order valence-electron chi connectivity index (χ2n) is 6.12. The molecule has 1 nitrogen and oxygen atoms in total. The maximum Gasteiger partial charge on any atom is 0.133 e. The molecule has 0 heterocycles. The Kier molecular flexibility index (Phi) is 2.84. The molecule has 1 aliphatic rings. The smallest absolute Gasteiger partial charge is 0.133 e. The predicted octanol–water partition coefficient (Wildman–Crippen LogP) is 3.57. The summed E-state index contributed by atoms with van der Waals surface area (Å²) in [6.45, 7) is 8.65. The molecule has 1 saturated carbocycles. The van der Waals surface area contributed by atoms with Crippen LogP contribution in [-0.4, -0.2) is 5.78 Å². The van der Waals surface area contributed by atoms with Crippen LogP contribution in [0, 0.1) is 10.8 Å². The third-order valence-electron chi connectivity index (χ3n) is 2.91. The summed E-state index contributed by atoms with van der Waals surface area (Å²) >= 11 is 0. The number of rotatable bonds is 3. The molecule has 0 aromatic heterocycles. The molecule has 13 heavy (non-hydrogen) atoms. The maximum absolute atomic E-state index is 11.7. The van der Waals surface area contributed by atoms with Gasteiger partial charge in [-0.25, -0.2) is 0 Å². The van der Waals surface area contributed by atoms with Crippen molar-refractivity contribution in [3.05, 3.63) is 0 Å². The molecule has 0 aromatic carbocycles. The number of hydrogen-bond acceptors (Lipinski definition) is 1. The zero-order valence-electron chi connectivity index (χ0n) is 9.44. The van der Waals surface area contributed by atoms with Crippen LogP contribution in [0.15, 0.2) is 0 Å². The van der Waals surface area contributed by atoms with Crippen molar-refractivity contribution in [2.75, 3.05) is 0 Å². The first kappa shape index (κ1) is 10.7. The van der Waals surface area contributed by atoms with E-state index in [4.69, 9.17) is 0 Å². The molecule has 1 fully saturated rings. The molecule has 0 spiro atoms.